The van der Waals surface area contributed by atoms with Crippen LogP contribution in [0.25, 0.3) is 10.8 Å². The van der Waals surface area contributed by atoms with Crippen molar-refractivity contribution < 1.29 is 5.48 Å². The number of benzene rings is 6. The highest BCUT2D eigenvalue weighted by Crippen LogP contribution is 2.42. The molecule has 0 aliphatic rings. The first-order valence-corrected chi connectivity index (χ1v) is 17.1. The minimum absolute atomic E-state index is 0.0149. The van der Waals surface area contributed by atoms with Crippen LogP contribution in [-0.4, -0.2) is 0 Å². The summed E-state index contributed by atoms with van der Waals surface area (Å²) in [5.74, 6) is 0. The predicted molar refractivity (Wildman–Crippen MR) is 211 cm³/mol. The fraction of sp³-hybridized carbons (Fsp3) is 0.190. The molecule has 6 rings (SSSR count). The van der Waals surface area contributed by atoms with E-state index in [1.165, 1.54) is 0 Å². The molecule has 0 amide bonds. The molecule has 2 nitrogen and oxygen atoms in total. The molecule has 0 fully saturated rings. The van der Waals surface area contributed by atoms with E-state index in [0.29, 0.717) is 42.8 Å². The first-order valence-electron chi connectivity index (χ1n) is 17.6. The Kier molecular flexibility index (Phi) is 8.13. The normalized spacial score (nSPS) is 13.1. The molecule has 244 valence electrons. The average Bonchev–Trinajstić information content (AvgIpc) is 3.04. The first kappa shape index (κ1) is 29.3. The van der Waals surface area contributed by atoms with Crippen LogP contribution < -0.4 is 9.80 Å². The van der Waals surface area contributed by atoms with Gasteiger partial charge in [0.05, 0.1) is 5.48 Å². The van der Waals surface area contributed by atoms with Gasteiger partial charge in [-0.05, 0) is 118 Å². The molecule has 0 saturated carbocycles. The van der Waals surface area contributed by atoms with Gasteiger partial charge in [0.15, 0.2) is 0 Å². The second-order valence-corrected chi connectivity index (χ2v) is 15.6. The molecule has 48 heavy (non-hydrogen) atoms. The van der Waals surface area contributed by atoms with Crippen molar-refractivity contribution in [2.24, 2.45) is 0 Å². The summed E-state index contributed by atoms with van der Waals surface area (Å²) in [4.78, 5) is 3.63. The molecule has 6 aromatic rings. The number of anilines is 6. The number of fused-ring (bicyclic) bond motifs is 1. The lowest BCUT2D eigenvalue weighted by atomic mass is 9.87. The SMILES string of the molecule is [2H]c1cc(N(c2ccc(C(C)(C)C)cc2)c2cc(Cl)cc(Cl)c2)c([2H])c2c([2H])cc(N(c3ccc(C(C)(C)C)cc3)c3cc(Cl)cc(Cl)c3)c([2H])c12. The summed E-state index contributed by atoms with van der Waals surface area (Å²) in [5, 5.41) is 1.99. The van der Waals surface area contributed by atoms with Crippen LogP contribution in [0.3, 0.4) is 0 Å². The van der Waals surface area contributed by atoms with Crippen LogP contribution in [-0.2, 0) is 10.8 Å². The summed E-state index contributed by atoms with van der Waals surface area (Å²) in [7, 11) is 0. The molecule has 0 aliphatic heterocycles. The van der Waals surface area contributed by atoms with E-state index in [4.69, 9.17) is 46.4 Å². The molecule has 0 atom stereocenters. The molecule has 0 saturated heterocycles. The van der Waals surface area contributed by atoms with Crippen LogP contribution in [0, 0.1) is 0 Å². The zero-order valence-corrected chi connectivity index (χ0v) is 30.7. The Balaban J connectivity index is 1.60. The van der Waals surface area contributed by atoms with Crippen molar-refractivity contribution in [2.75, 3.05) is 9.80 Å². The van der Waals surface area contributed by atoms with Crippen molar-refractivity contribution in [3.8, 4) is 0 Å². The van der Waals surface area contributed by atoms with Crippen LogP contribution in [0.1, 0.15) is 58.2 Å². The second-order valence-electron chi connectivity index (χ2n) is 13.9. The zero-order valence-electron chi connectivity index (χ0n) is 31.6. The topological polar surface area (TPSA) is 6.48 Å². The molecular weight excluding hydrogens is 674 g/mol. The van der Waals surface area contributed by atoms with Gasteiger partial charge in [-0.15, -0.1) is 0 Å². The van der Waals surface area contributed by atoms with Gasteiger partial charge in [0.25, 0.3) is 0 Å². The molecule has 0 heterocycles. The number of hydrogen-bond acceptors (Lipinski definition) is 2. The number of hydrogen-bond donors (Lipinski definition) is 0. The van der Waals surface area contributed by atoms with Crippen LogP contribution in [0.15, 0.2) is 121 Å². The Morgan fingerprint density at radius 3 is 1.02 bits per heavy atom. The lowest BCUT2D eigenvalue weighted by Gasteiger charge is -2.28. The molecule has 6 aromatic carbocycles. The molecule has 0 radical (unpaired) electrons. The molecule has 6 heteroatoms. The molecular formula is C42H38Cl4N2. The van der Waals surface area contributed by atoms with Crippen molar-refractivity contribution in [3.63, 3.8) is 0 Å². The van der Waals surface area contributed by atoms with E-state index in [0.717, 1.165) is 22.5 Å². The summed E-state index contributed by atoms with van der Waals surface area (Å²) in [6.45, 7) is 12.8. The van der Waals surface area contributed by atoms with E-state index >= 15 is 0 Å². The van der Waals surface area contributed by atoms with Crippen molar-refractivity contribution in [1.29, 1.82) is 0 Å². The summed E-state index contributed by atoms with van der Waals surface area (Å²) >= 11 is 26.0. The fourth-order valence-electron chi connectivity index (χ4n) is 5.60. The van der Waals surface area contributed by atoms with Gasteiger partial charge in [-0.2, -0.15) is 0 Å². The number of rotatable bonds is 6. The average molecular weight is 717 g/mol. The molecule has 0 spiro atoms. The lowest BCUT2D eigenvalue weighted by Crippen LogP contribution is -2.13. The Labute approximate surface area is 310 Å². The maximum atomic E-state index is 9.55. The van der Waals surface area contributed by atoms with E-state index in [1.807, 2.05) is 58.3 Å². The second kappa shape index (κ2) is 13.3. The summed E-state index contributed by atoms with van der Waals surface area (Å²) in [6.07, 6.45) is 0. The van der Waals surface area contributed by atoms with Crippen LogP contribution in [0.5, 0.6) is 0 Å². The number of nitrogens with zero attached hydrogens (tertiary/aromatic N) is 2. The highest BCUT2D eigenvalue weighted by atomic mass is 35.5. The van der Waals surface area contributed by atoms with Crippen molar-refractivity contribution in [3.05, 3.63) is 152 Å². The van der Waals surface area contributed by atoms with E-state index in [-0.39, 0.29) is 45.8 Å². The fourth-order valence-corrected chi connectivity index (χ4v) is 6.63. The summed E-state index contributed by atoms with van der Waals surface area (Å²) in [5.41, 5.74) is 5.40. The maximum absolute atomic E-state index is 9.55. The van der Waals surface area contributed by atoms with Gasteiger partial charge in [0, 0.05) is 54.2 Å². The Bertz CT molecular complexity index is 2110. The zero-order chi connectivity index (χ0) is 37.9. The number of halogens is 4. The predicted octanol–water partition coefficient (Wildman–Crippen LogP) is 15.0. The van der Waals surface area contributed by atoms with Gasteiger partial charge >= 0.3 is 0 Å². The molecule has 0 aliphatic carbocycles. The highest BCUT2D eigenvalue weighted by molar-refractivity contribution is 6.35. The van der Waals surface area contributed by atoms with Gasteiger partial charge < -0.3 is 9.80 Å². The van der Waals surface area contributed by atoms with Crippen molar-refractivity contribution in [1.82, 2.24) is 0 Å². The molecule has 0 unspecified atom stereocenters. The van der Waals surface area contributed by atoms with Crippen LogP contribution in [0.2, 0.25) is 20.1 Å². The van der Waals surface area contributed by atoms with Crippen LogP contribution >= 0.6 is 46.4 Å². The maximum Gasteiger partial charge on any atom is 0.0651 e. The third-order valence-corrected chi connectivity index (χ3v) is 9.01. The third kappa shape index (κ3) is 7.48. The molecule has 0 aromatic heterocycles. The van der Waals surface area contributed by atoms with E-state index < -0.39 is 0 Å². The van der Waals surface area contributed by atoms with Gasteiger partial charge in [0.2, 0.25) is 0 Å². The van der Waals surface area contributed by atoms with E-state index in [1.54, 1.807) is 48.5 Å². The largest absolute Gasteiger partial charge is 0.310 e. The monoisotopic (exact) mass is 714 g/mol. The van der Waals surface area contributed by atoms with E-state index in [9.17, 15) is 5.48 Å². The van der Waals surface area contributed by atoms with Gasteiger partial charge in [-0.25, -0.2) is 0 Å². The van der Waals surface area contributed by atoms with Gasteiger partial charge in [-0.3, -0.25) is 0 Å². The Morgan fingerprint density at radius 1 is 0.417 bits per heavy atom. The Hall–Kier alpha value is -3.66. The summed E-state index contributed by atoms with van der Waals surface area (Å²) in [6, 6.07) is 29.3. The first-order chi connectivity index (χ1) is 24.3. The lowest BCUT2D eigenvalue weighted by molar-refractivity contribution is 0.590. The van der Waals surface area contributed by atoms with Gasteiger partial charge in [0.1, 0.15) is 0 Å². The minimum atomic E-state index is -0.0815. The Morgan fingerprint density at radius 2 is 0.729 bits per heavy atom. The summed E-state index contributed by atoms with van der Waals surface area (Å²) < 4.78 is 37.8. The third-order valence-electron chi connectivity index (χ3n) is 8.14. The molecule has 0 N–H and O–H groups in total. The van der Waals surface area contributed by atoms with Crippen molar-refractivity contribution in [2.45, 2.75) is 52.4 Å². The minimum Gasteiger partial charge on any atom is -0.310 e. The van der Waals surface area contributed by atoms with Crippen molar-refractivity contribution >= 4 is 91.3 Å². The van der Waals surface area contributed by atoms with Crippen LogP contribution in [0.4, 0.5) is 34.1 Å². The standard InChI is InChI=1S/C42H38Cl4N2/c1-41(2,3)29-9-15-35(16-10-29)47(39-23-31(43)21-32(44)24-39)37-13-7-28-20-38(14-8-27(28)19-37)48(40-25-33(45)22-34(46)26-40)36-17-11-30(12-18-36)42(4,5)6/h7-26H,1-6H3/i7D,8D,19D,20D. The van der Waals surface area contributed by atoms with Gasteiger partial charge in [-0.1, -0.05) is 124 Å². The smallest absolute Gasteiger partial charge is 0.0651 e. The van der Waals surface area contributed by atoms with E-state index in [2.05, 4.69) is 41.5 Å². The quantitative estimate of drug-likeness (QED) is 0.169. The highest BCUT2D eigenvalue weighted by Gasteiger charge is 2.20. The molecule has 0 bridgehead atoms.